The molecule has 0 unspecified atom stereocenters. The zero-order chi connectivity index (χ0) is 18.4. The van der Waals surface area contributed by atoms with Gasteiger partial charge in [0.05, 0.1) is 13.3 Å². The van der Waals surface area contributed by atoms with Crippen molar-refractivity contribution in [1.29, 1.82) is 0 Å². The van der Waals surface area contributed by atoms with Gasteiger partial charge in [-0.3, -0.25) is 5.43 Å². The van der Waals surface area contributed by atoms with Crippen LogP contribution in [0.2, 0.25) is 0 Å². The lowest BCUT2D eigenvalue weighted by Gasteiger charge is -2.13. The number of aryl methyl sites for hydroxylation is 1. The van der Waals surface area contributed by atoms with Crippen molar-refractivity contribution >= 4 is 33.7 Å². The van der Waals surface area contributed by atoms with Crippen molar-refractivity contribution in [3.63, 3.8) is 0 Å². The Morgan fingerprint density at radius 3 is 2.52 bits per heavy atom. The van der Waals surface area contributed by atoms with E-state index >= 15 is 0 Å². The summed E-state index contributed by atoms with van der Waals surface area (Å²) in [6, 6.07) is 11.2. The first kappa shape index (κ1) is 18.7. The number of para-hydroxylation sites is 1. The molecule has 3 N–H and O–H groups in total. The van der Waals surface area contributed by atoms with Gasteiger partial charge in [-0.15, -0.1) is 0 Å². The molecule has 0 spiro atoms. The standard InChI is InChI=1S/C16H17N3O4S2/c1-11-6-8-13(9-7-11)25(20,21)23-15-12(10-18-19-16(17)24)4-3-5-14(15)22-2/h3-10H,1-2H3,(H3,17,19,24)/b18-10-. The molecule has 0 amide bonds. The molecule has 0 bridgehead atoms. The summed E-state index contributed by atoms with van der Waals surface area (Å²) in [6.45, 7) is 1.86. The van der Waals surface area contributed by atoms with Gasteiger partial charge in [-0.1, -0.05) is 23.8 Å². The molecule has 0 heterocycles. The molecular weight excluding hydrogens is 362 g/mol. The summed E-state index contributed by atoms with van der Waals surface area (Å²) in [7, 11) is -2.63. The molecule has 0 fully saturated rings. The van der Waals surface area contributed by atoms with Crippen LogP contribution >= 0.6 is 12.2 Å². The Morgan fingerprint density at radius 1 is 1.24 bits per heavy atom. The molecule has 0 aromatic heterocycles. The molecule has 0 radical (unpaired) electrons. The molecule has 7 nitrogen and oxygen atoms in total. The number of hydrogen-bond donors (Lipinski definition) is 2. The fraction of sp³-hybridized carbons (Fsp3) is 0.125. The van der Waals surface area contributed by atoms with E-state index < -0.39 is 10.1 Å². The molecule has 9 heteroatoms. The fourth-order valence-corrected chi connectivity index (χ4v) is 2.93. The van der Waals surface area contributed by atoms with Crippen LogP contribution in [-0.4, -0.2) is 26.9 Å². The maximum absolute atomic E-state index is 12.5. The fourth-order valence-electron chi connectivity index (χ4n) is 1.91. The monoisotopic (exact) mass is 379 g/mol. The number of ether oxygens (including phenoxy) is 1. The van der Waals surface area contributed by atoms with Crippen LogP contribution in [0.25, 0.3) is 0 Å². The first-order valence-corrected chi connectivity index (χ1v) is 8.92. The molecule has 0 saturated carbocycles. The minimum absolute atomic E-state index is 0.0130. The van der Waals surface area contributed by atoms with Gasteiger partial charge in [-0.05, 0) is 43.4 Å². The lowest BCUT2D eigenvalue weighted by Crippen LogP contribution is -2.24. The first-order chi connectivity index (χ1) is 11.8. The highest BCUT2D eigenvalue weighted by Crippen LogP contribution is 2.32. The van der Waals surface area contributed by atoms with E-state index in [2.05, 4.69) is 22.7 Å². The number of nitrogens with zero attached hydrogens (tertiary/aromatic N) is 1. The van der Waals surface area contributed by atoms with Gasteiger partial charge in [0.1, 0.15) is 4.90 Å². The second-order valence-electron chi connectivity index (χ2n) is 4.96. The number of hydrogen-bond acceptors (Lipinski definition) is 6. The van der Waals surface area contributed by atoms with E-state index in [1.54, 1.807) is 30.3 Å². The molecule has 0 aliphatic carbocycles. The third kappa shape index (κ3) is 4.91. The second kappa shape index (κ2) is 7.95. The highest BCUT2D eigenvalue weighted by Gasteiger charge is 2.21. The number of nitrogens with one attached hydrogen (secondary N) is 1. The Bertz CT molecular complexity index is 894. The number of benzene rings is 2. The van der Waals surface area contributed by atoms with E-state index in [0.717, 1.165) is 5.56 Å². The van der Waals surface area contributed by atoms with Crippen molar-refractivity contribution in [3.05, 3.63) is 53.6 Å². The SMILES string of the molecule is COc1cccc(/C=N\NC(N)=S)c1OS(=O)(=O)c1ccc(C)cc1. The van der Waals surface area contributed by atoms with Crippen molar-refractivity contribution in [2.24, 2.45) is 10.8 Å². The highest BCUT2D eigenvalue weighted by molar-refractivity contribution is 7.87. The molecule has 132 valence electrons. The zero-order valence-corrected chi connectivity index (χ0v) is 15.2. The van der Waals surface area contributed by atoms with Crippen molar-refractivity contribution in [2.75, 3.05) is 7.11 Å². The Labute approximate surface area is 151 Å². The number of nitrogens with two attached hydrogens (primary N) is 1. The predicted octanol–water partition coefficient (Wildman–Crippen LogP) is 1.94. The van der Waals surface area contributed by atoms with Crippen LogP contribution in [0.3, 0.4) is 0 Å². The Kier molecular flexibility index (Phi) is 5.94. The minimum Gasteiger partial charge on any atom is -0.493 e. The van der Waals surface area contributed by atoms with E-state index in [1.165, 1.54) is 25.5 Å². The van der Waals surface area contributed by atoms with E-state index in [9.17, 15) is 8.42 Å². The molecule has 25 heavy (non-hydrogen) atoms. The summed E-state index contributed by atoms with van der Waals surface area (Å²) in [6.07, 6.45) is 1.33. The van der Waals surface area contributed by atoms with E-state index in [1.807, 2.05) is 6.92 Å². The normalized spacial score (nSPS) is 11.3. The quantitative estimate of drug-likeness (QED) is 0.342. The molecule has 2 aromatic rings. The number of rotatable bonds is 6. The van der Waals surface area contributed by atoms with E-state index in [4.69, 9.17) is 14.7 Å². The topological polar surface area (TPSA) is 103 Å². The van der Waals surface area contributed by atoms with Gasteiger partial charge in [-0.2, -0.15) is 13.5 Å². The average Bonchev–Trinajstić information content (AvgIpc) is 2.56. The van der Waals surface area contributed by atoms with Crippen LogP contribution in [0, 0.1) is 6.92 Å². The van der Waals surface area contributed by atoms with Crippen molar-refractivity contribution < 1.29 is 17.3 Å². The number of hydrazone groups is 1. The number of thiocarbonyl (C=S) groups is 1. The maximum Gasteiger partial charge on any atom is 0.339 e. The predicted molar refractivity (Wildman–Crippen MR) is 99.5 cm³/mol. The van der Waals surface area contributed by atoms with Gasteiger partial charge in [-0.25, -0.2) is 0 Å². The van der Waals surface area contributed by atoms with Gasteiger partial charge < -0.3 is 14.7 Å². The summed E-state index contributed by atoms with van der Waals surface area (Å²) in [5.74, 6) is 0.258. The van der Waals surface area contributed by atoms with Crippen molar-refractivity contribution in [3.8, 4) is 11.5 Å². The van der Waals surface area contributed by atoms with Crippen LogP contribution in [0.4, 0.5) is 0 Å². The Morgan fingerprint density at radius 2 is 1.92 bits per heavy atom. The van der Waals surface area contributed by atoms with Gasteiger partial charge in [0.25, 0.3) is 0 Å². The third-order valence-corrected chi connectivity index (χ3v) is 4.44. The molecule has 0 atom stereocenters. The zero-order valence-electron chi connectivity index (χ0n) is 13.6. The lowest BCUT2D eigenvalue weighted by molar-refractivity contribution is 0.390. The van der Waals surface area contributed by atoms with Crippen LogP contribution in [0.1, 0.15) is 11.1 Å². The van der Waals surface area contributed by atoms with Crippen LogP contribution in [-0.2, 0) is 10.1 Å². The Hall–Kier alpha value is -2.65. The summed E-state index contributed by atoms with van der Waals surface area (Å²) in [5.41, 5.74) is 9.00. The molecular formula is C16H17N3O4S2. The maximum atomic E-state index is 12.5. The number of methoxy groups -OCH3 is 1. The van der Waals surface area contributed by atoms with Gasteiger partial charge in [0, 0.05) is 5.56 Å². The van der Waals surface area contributed by atoms with E-state index in [0.29, 0.717) is 5.56 Å². The average molecular weight is 379 g/mol. The van der Waals surface area contributed by atoms with Gasteiger partial charge in [0.2, 0.25) is 0 Å². The summed E-state index contributed by atoms with van der Waals surface area (Å²) < 4.78 is 35.6. The van der Waals surface area contributed by atoms with Crippen LogP contribution < -0.4 is 20.1 Å². The lowest BCUT2D eigenvalue weighted by atomic mass is 10.2. The third-order valence-electron chi connectivity index (χ3n) is 3.11. The van der Waals surface area contributed by atoms with Gasteiger partial charge >= 0.3 is 10.1 Å². The van der Waals surface area contributed by atoms with Crippen LogP contribution in [0.15, 0.2) is 52.5 Å². The largest absolute Gasteiger partial charge is 0.493 e. The smallest absolute Gasteiger partial charge is 0.339 e. The van der Waals surface area contributed by atoms with E-state index in [-0.39, 0.29) is 21.5 Å². The second-order valence-corrected chi connectivity index (χ2v) is 6.95. The summed E-state index contributed by atoms with van der Waals surface area (Å²) in [5, 5.41) is 3.80. The van der Waals surface area contributed by atoms with Crippen LogP contribution in [0.5, 0.6) is 11.5 Å². The summed E-state index contributed by atoms with van der Waals surface area (Å²) in [4.78, 5) is 0.0353. The minimum atomic E-state index is -4.04. The van der Waals surface area contributed by atoms with Crippen molar-refractivity contribution in [2.45, 2.75) is 11.8 Å². The highest BCUT2D eigenvalue weighted by atomic mass is 32.2. The van der Waals surface area contributed by atoms with Gasteiger partial charge in [0.15, 0.2) is 16.6 Å². The molecule has 2 aromatic carbocycles. The molecule has 0 aliphatic heterocycles. The first-order valence-electron chi connectivity index (χ1n) is 7.10. The molecule has 2 rings (SSSR count). The molecule has 0 aliphatic rings. The van der Waals surface area contributed by atoms with Crippen molar-refractivity contribution in [1.82, 2.24) is 5.43 Å². The Balaban J connectivity index is 2.41. The summed E-state index contributed by atoms with van der Waals surface area (Å²) >= 11 is 4.66. The molecule has 0 saturated heterocycles.